The zero-order valence-electron chi connectivity index (χ0n) is 17.4. The lowest BCUT2D eigenvalue weighted by molar-refractivity contribution is 0.217. The first-order chi connectivity index (χ1) is 15.7. The normalized spacial score (nSPS) is 10.1. The molecule has 32 heavy (non-hydrogen) atoms. The van der Waals surface area contributed by atoms with Crippen LogP contribution in [0.2, 0.25) is 0 Å². The number of rotatable bonds is 7. The first-order valence-electron chi connectivity index (χ1n) is 10.2. The van der Waals surface area contributed by atoms with Gasteiger partial charge in [0, 0.05) is 0 Å². The van der Waals surface area contributed by atoms with Gasteiger partial charge in [-0.05, 0) is 70.8 Å². The Morgan fingerprint density at radius 2 is 0.719 bits per heavy atom. The SMILES string of the molecule is N#Cc1ccc(-c2ccc(OCCOc3ccc(-c4ccc(C#N)cc4)cc3)cc2)cc1. The van der Waals surface area contributed by atoms with Gasteiger partial charge in [0.25, 0.3) is 0 Å². The van der Waals surface area contributed by atoms with E-state index in [1.807, 2.05) is 97.1 Å². The third-order valence-corrected chi connectivity index (χ3v) is 5.02. The van der Waals surface area contributed by atoms with Crippen molar-refractivity contribution in [2.45, 2.75) is 0 Å². The Kier molecular flexibility index (Phi) is 6.46. The molecule has 0 aliphatic heterocycles. The zero-order valence-corrected chi connectivity index (χ0v) is 17.4. The summed E-state index contributed by atoms with van der Waals surface area (Å²) in [5.74, 6) is 1.56. The Labute approximate surface area is 187 Å². The summed E-state index contributed by atoms with van der Waals surface area (Å²) in [5, 5.41) is 17.8. The summed E-state index contributed by atoms with van der Waals surface area (Å²) < 4.78 is 11.6. The van der Waals surface area contributed by atoms with E-state index < -0.39 is 0 Å². The van der Waals surface area contributed by atoms with Gasteiger partial charge < -0.3 is 9.47 Å². The van der Waals surface area contributed by atoms with Crippen molar-refractivity contribution in [3.8, 4) is 45.9 Å². The molecule has 0 aliphatic carbocycles. The van der Waals surface area contributed by atoms with Crippen LogP contribution in [0.3, 0.4) is 0 Å². The molecule has 0 N–H and O–H groups in total. The van der Waals surface area contributed by atoms with E-state index in [2.05, 4.69) is 12.1 Å². The number of nitriles is 2. The van der Waals surface area contributed by atoms with E-state index in [-0.39, 0.29) is 0 Å². The lowest BCUT2D eigenvalue weighted by Gasteiger charge is -2.10. The average molecular weight is 416 g/mol. The molecule has 0 aromatic heterocycles. The van der Waals surface area contributed by atoms with E-state index in [1.54, 1.807) is 0 Å². The van der Waals surface area contributed by atoms with E-state index in [4.69, 9.17) is 20.0 Å². The molecule has 4 nitrogen and oxygen atoms in total. The van der Waals surface area contributed by atoms with Crippen LogP contribution in [0.15, 0.2) is 97.1 Å². The van der Waals surface area contributed by atoms with Crippen LogP contribution in [0, 0.1) is 22.7 Å². The summed E-state index contributed by atoms with van der Waals surface area (Å²) in [6, 6.07) is 35.0. The smallest absolute Gasteiger partial charge is 0.122 e. The van der Waals surface area contributed by atoms with Crippen molar-refractivity contribution in [1.29, 1.82) is 10.5 Å². The molecule has 154 valence electrons. The van der Waals surface area contributed by atoms with Crippen molar-refractivity contribution in [2.24, 2.45) is 0 Å². The van der Waals surface area contributed by atoms with Gasteiger partial charge in [0.05, 0.1) is 23.3 Å². The Balaban J connectivity index is 1.26. The van der Waals surface area contributed by atoms with Crippen molar-refractivity contribution in [2.75, 3.05) is 13.2 Å². The summed E-state index contributed by atoms with van der Waals surface area (Å²) in [4.78, 5) is 0. The highest BCUT2D eigenvalue weighted by molar-refractivity contribution is 5.65. The Hall–Kier alpha value is -4.54. The molecule has 0 unspecified atom stereocenters. The molecule has 0 fully saturated rings. The molecule has 4 rings (SSSR count). The molecule has 0 saturated heterocycles. The number of benzene rings is 4. The van der Waals surface area contributed by atoms with Crippen LogP contribution in [0.5, 0.6) is 11.5 Å². The lowest BCUT2D eigenvalue weighted by atomic mass is 10.0. The second-order valence-corrected chi connectivity index (χ2v) is 7.12. The molecule has 0 atom stereocenters. The summed E-state index contributed by atoms with van der Waals surface area (Å²) in [6.45, 7) is 0.876. The summed E-state index contributed by atoms with van der Waals surface area (Å²) in [5.41, 5.74) is 5.56. The fourth-order valence-corrected chi connectivity index (χ4v) is 3.28. The van der Waals surface area contributed by atoms with Crippen molar-refractivity contribution in [1.82, 2.24) is 0 Å². The van der Waals surface area contributed by atoms with Crippen LogP contribution in [0.25, 0.3) is 22.3 Å². The minimum atomic E-state index is 0.438. The van der Waals surface area contributed by atoms with Gasteiger partial charge in [-0.3, -0.25) is 0 Å². The van der Waals surface area contributed by atoms with Crippen LogP contribution < -0.4 is 9.47 Å². The third kappa shape index (κ3) is 5.14. The number of hydrogen-bond donors (Lipinski definition) is 0. The predicted octanol–water partition coefficient (Wildman–Crippen LogP) is 6.22. The van der Waals surface area contributed by atoms with E-state index in [9.17, 15) is 0 Å². The summed E-state index contributed by atoms with van der Waals surface area (Å²) in [6.07, 6.45) is 0. The standard InChI is InChI=1S/C28H20N2O2/c29-19-21-1-5-23(6-2-21)25-9-13-27(14-10-25)31-17-18-32-28-15-11-26(12-16-28)24-7-3-22(20-30)4-8-24/h1-16H,17-18H2. The van der Waals surface area contributed by atoms with Gasteiger partial charge in [-0.15, -0.1) is 0 Å². The highest BCUT2D eigenvalue weighted by atomic mass is 16.5. The molecule has 0 aliphatic rings. The van der Waals surface area contributed by atoms with Crippen LogP contribution >= 0.6 is 0 Å². The third-order valence-electron chi connectivity index (χ3n) is 5.02. The Morgan fingerprint density at radius 3 is 1.00 bits per heavy atom. The highest BCUT2D eigenvalue weighted by Crippen LogP contribution is 2.24. The van der Waals surface area contributed by atoms with Gasteiger partial charge in [0.15, 0.2) is 0 Å². The fourth-order valence-electron chi connectivity index (χ4n) is 3.28. The minimum absolute atomic E-state index is 0.438. The van der Waals surface area contributed by atoms with E-state index in [0.29, 0.717) is 24.3 Å². The molecule has 4 aromatic carbocycles. The van der Waals surface area contributed by atoms with Crippen LogP contribution in [-0.2, 0) is 0 Å². The van der Waals surface area contributed by atoms with Gasteiger partial charge >= 0.3 is 0 Å². The molecule has 0 heterocycles. The maximum absolute atomic E-state index is 8.90. The van der Waals surface area contributed by atoms with Gasteiger partial charge in [-0.2, -0.15) is 10.5 Å². The molecule has 0 saturated carbocycles. The van der Waals surface area contributed by atoms with Crippen LogP contribution in [0.4, 0.5) is 0 Å². The first-order valence-corrected chi connectivity index (χ1v) is 10.2. The first kappa shape index (κ1) is 20.7. The summed E-state index contributed by atoms with van der Waals surface area (Å²) in [7, 11) is 0. The second-order valence-electron chi connectivity index (χ2n) is 7.12. The Morgan fingerprint density at radius 1 is 0.438 bits per heavy atom. The Bertz CT molecular complexity index is 1140. The maximum atomic E-state index is 8.90. The van der Waals surface area contributed by atoms with Gasteiger partial charge in [0.1, 0.15) is 24.7 Å². The molecule has 0 amide bonds. The van der Waals surface area contributed by atoms with E-state index >= 15 is 0 Å². The van der Waals surface area contributed by atoms with Crippen molar-refractivity contribution in [3.63, 3.8) is 0 Å². The summed E-state index contributed by atoms with van der Waals surface area (Å²) >= 11 is 0. The van der Waals surface area contributed by atoms with Crippen LogP contribution in [0.1, 0.15) is 11.1 Å². The molecular formula is C28H20N2O2. The van der Waals surface area contributed by atoms with Crippen LogP contribution in [-0.4, -0.2) is 13.2 Å². The molecule has 0 radical (unpaired) electrons. The van der Waals surface area contributed by atoms with Gasteiger partial charge in [-0.25, -0.2) is 0 Å². The van der Waals surface area contributed by atoms with E-state index in [0.717, 1.165) is 33.8 Å². The zero-order chi connectivity index (χ0) is 22.2. The molecular weight excluding hydrogens is 396 g/mol. The van der Waals surface area contributed by atoms with Gasteiger partial charge in [-0.1, -0.05) is 48.5 Å². The quantitative estimate of drug-likeness (QED) is 0.335. The maximum Gasteiger partial charge on any atom is 0.122 e. The number of nitrogens with zero attached hydrogens (tertiary/aromatic N) is 2. The lowest BCUT2D eigenvalue weighted by Crippen LogP contribution is -2.08. The number of hydrogen-bond acceptors (Lipinski definition) is 4. The molecule has 0 spiro atoms. The van der Waals surface area contributed by atoms with Crippen molar-refractivity contribution in [3.05, 3.63) is 108 Å². The van der Waals surface area contributed by atoms with E-state index in [1.165, 1.54) is 0 Å². The van der Waals surface area contributed by atoms with Crippen molar-refractivity contribution < 1.29 is 9.47 Å². The monoisotopic (exact) mass is 416 g/mol. The largest absolute Gasteiger partial charge is 0.490 e. The molecule has 4 aromatic rings. The predicted molar refractivity (Wildman–Crippen MR) is 124 cm³/mol. The van der Waals surface area contributed by atoms with Crippen molar-refractivity contribution >= 4 is 0 Å². The topological polar surface area (TPSA) is 66.0 Å². The average Bonchev–Trinajstić information content (AvgIpc) is 2.87. The highest BCUT2D eigenvalue weighted by Gasteiger charge is 2.02. The minimum Gasteiger partial charge on any atom is -0.490 e. The molecule has 0 bridgehead atoms. The molecule has 4 heteroatoms. The number of ether oxygens (including phenoxy) is 2. The van der Waals surface area contributed by atoms with Gasteiger partial charge in [0.2, 0.25) is 0 Å². The fraction of sp³-hybridized carbons (Fsp3) is 0.0714. The second kappa shape index (κ2) is 9.98.